The van der Waals surface area contributed by atoms with Gasteiger partial charge in [-0.3, -0.25) is 9.97 Å². The van der Waals surface area contributed by atoms with Crippen molar-refractivity contribution in [2.75, 3.05) is 0 Å². The number of hydrogen-bond donors (Lipinski definition) is 0. The van der Waals surface area contributed by atoms with E-state index in [1.165, 1.54) is 25.7 Å². The number of nitrogens with zero attached hydrogens (tertiary/aromatic N) is 2. The fourth-order valence-electron chi connectivity index (χ4n) is 1.96. The summed E-state index contributed by atoms with van der Waals surface area (Å²) in [6.07, 6.45) is 11.3. The Balaban J connectivity index is 2.31. The number of unbranched alkanes of at least 4 members (excludes halogenated alkanes) is 1. The highest BCUT2D eigenvalue weighted by atomic mass is 14.8. The Labute approximate surface area is 112 Å². The topological polar surface area (TPSA) is 25.8 Å². The van der Waals surface area contributed by atoms with Crippen LogP contribution in [0.1, 0.15) is 77.1 Å². The molecule has 18 heavy (non-hydrogen) atoms. The number of aryl methyl sites for hydroxylation is 1. The van der Waals surface area contributed by atoms with Crippen molar-refractivity contribution in [2.24, 2.45) is 5.92 Å². The van der Waals surface area contributed by atoms with Crippen molar-refractivity contribution in [1.82, 2.24) is 9.97 Å². The van der Waals surface area contributed by atoms with E-state index in [2.05, 4.69) is 37.7 Å². The van der Waals surface area contributed by atoms with E-state index in [-0.39, 0.29) is 0 Å². The molecule has 0 amide bonds. The Hall–Kier alpha value is -0.920. The monoisotopic (exact) mass is 248 g/mol. The Morgan fingerprint density at radius 1 is 1.00 bits per heavy atom. The maximum atomic E-state index is 4.52. The smallest absolute Gasteiger partial charge is 0.0614 e. The van der Waals surface area contributed by atoms with Crippen molar-refractivity contribution in [1.29, 1.82) is 0 Å². The predicted octanol–water partition coefficient (Wildman–Crippen LogP) is 4.75. The third kappa shape index (κ3) is 5.16. The largest absolute Gasteiger partial charge is 0.258 e. The van der Waals surface area contributed by atoms with Crippen molar-refractivity contribution in [3.63, 3.8) is 0 Å². The highest BCUT2D eigenvalue weighted by Crippen LogP contribution is 2.16. The SMILES string of the molecule is CCC(C)CCCCc1cnc(C(C)CC)cn1. The van der Waals surface area contributed by atoms with E-state index >= 15 is 0 Å². The van der Waals surface area contributed by atoms with Crippen molar-refractivity contribution < 1.29 is 0 Å². The second-order valence-electron chi connectivity index (χ2n) is 5.50. The molecule has 0 aliphatic rings. The highest BCUT2D eigenvalue weighted by Gasteiger charge is 2.05. The zero-order valence-corrected chi connectivity index (χ0v) is 12.4. The van der Waals surface area contributed by atoms with Crippen LogP contribution in [0.15, 0.2) is 12.4 Å². The molecule has 1 aromatic heterocycles. The molecule has 0 aromatic carbocycles. The van der Waals surface area contributed by atoms with Crippen molar-refractivity contribution >= 4 is 0 Å². The maximum Gasteiger partial charge on any atom is 0.0614 e. The molecular formula is C16H28N2. The van der Waals surface area contributed by atoms with E-state index < -0.39 is 0 Å². The van der Waals surface area contributed by atoms with Crippen LogP contribution in [0.5, 0.6) is 0 Å². The van der Waals surface area contributed by atoms with Gasteiger partial charge in [-0.05, 0) is 31.1 Å². The predicted molar refractivity (Wildman–Crippen MR) is 77.7 cm³/mol. The maximum absolute atomic E-state index is 4.52. The van der Waals surface area contributed by atoms with E-state index in [0.717, 1.165) is 30.1 Å². The number of aromatic nitrogens is 2. The summed E-state index contributed by atoms with van der Waals surface area (Å²) >= 11 is 0. The van der Waals surface area contributed by atoms with Gasteiger partial charge in [-0.25, -0.2) is 0 Å². The van der Waals surface area contributed by atoms with Gasteiger partial charge < -0.3 is 0 Å². The molecule has 2 heteroatoms. The zero-order valence-electron chi connectivity index (χ0n) is 12.4. The summed E-state index contributed by atoms with van der Waals surface area (Å²) in [6, 6.07) is 0. The fraction of sp³-hybridized carbons (Fsp3) is 0.750. The van der Waals surface area contributed by atoms with Crippen LogP contribution in [0.2, 0.25) is 0 Å². The molecule has 1 heterocycles. The summed E-state index contributed by atoms with van der Waals surface area (Å²) in [7, 11) is 0. The van der Waals surface area contributed by atoms with Crippen LogP contribution in [0.4, 0.5) is 0 Å². The van der Waals surface area contributed by atoms with Gasteiger partial charge in [0.25, 0.3) is 0 Å². The van der Waals surface area contributed by atoms with Crippen LogP contribution in [0, 0.1) is 5.92 Å². The molecule has 102 valence electrons. The lowest BCUT2D eigenvalue weighted by atomic mass is 10.0. The minimum atomic E-state index is 0.525. The van der Waals surface area contributed by atoms with Gasteiger partial charge in [-0.15, -0.1) is 0 Å². The third-order valence-corrected chi connectivity index (χ3v) is 3.92. The van der Waals surface area contributed by atoms with Crippen molar-refractivity contribution in [3.8, 4) is 0 Å². The van der Waals surface area contributed by atoms with Crippen LogP contribution in [-0.2, 0) is 6.42 Å². The lowest BCUT2D eigenvalue weighted by molar-refractivity contribution is 0.483. The summed E-state index contributed by atoms with van der Waals surface area (Å²) in [6.45, 7) is 9.00. The summed E-state index contributed by atoms with van der Waals surface area (Å²) in [5, 5.41) is 0. The number of hydrogen-bond acceptors (Lipinski definition) is 2. The molecule has 2 nitrogen and oxygen atoms in total. The second-order valence-corrected chi connectivity index (χ2v) is 5.50. The third-order valence-electron chi connectivity index (χ3n) is 3.92. The first-order valence-electron chi connectivity index (χ1n) is 7.48. The molecule has 0 radical (unpaired) electrons. The fourth-order valence-corrected chi connectivity index (χ4v) is 1.96. The zero-order chi connectivity index (χ0) is 13.4. The molecule has 2 unspecified atom stereocenters. The molecule has 0 aliphatic heterocycles. The van der Waals surface area contributed by atoms with Gasteiger partial charge in [0.05, 0.1) is 11.4 Å². The summed E-state index contributed by atoms with van der Waals surface area (Å²) < 4.78 is 0. The average molecular weight is 248 g/mol. The van der Waals surface area contributed by atoms with Gasteiger partial charge in [0, 0.05) is 12.4 Å². The van der Waals surface area contributed by atoms with Crippen LogP contribution < -0.4 is 0 Å². The summed E-state index contributed by atoms with van der Waals surface area (Å²) in [5.41, 5.74) is 2.27. The first kappa shape index (κ1) is 15.1. The molecule has 1 aromatic rings. The average Bonchev–Trinajstić information content (AvgIpc) is 2.43. The van der Waals surface area contributed by atoms with Crippen LogP contribution in [0.25, 0.3) is 0 Å². The molecule has 0 bridgehead atoms. The molecule has 0 fully saturated rings. The first-order chi connectivity index (χ1) is 8.67. The second kappa shape index (κ2) is 8.23. The molecule has 2 atom stereocenters. The lowest BCUT2D eigenvalue weighted by Gasteiger charge is -2.09. The van der Waals surface area contributed by atoms with E-state index in [4.69, 9.17) is 0 Å². The standard InChI is InChI=1S/C16H28N2/c1-5-13(3)9-7-8-10-15-11-18-16(12-17-15)14(4)6-2/h11-14H,5-10H2,1-4H3. The van der Waals surface area contributed by atoms with Crippen LogP contribution in [-0.4, -0.2) is 9.97 Å². The van der Waals surface area contributed by atoms with Crippen molar-refractivity contribution in [2.45, 2.75) is 72.1 Å². The van der Waals surface area contributed by atoms with Gasteiger partial charge in [0.1, 0.15) is 0 Å². The van der Waals surface area contributed by atoms with Gasteiger partial charge in [-0.1, -0.05) is 47.0 Å². The molecular weight excluding hydrogens is 220 g/mol. The van der Waals surface area contributed by atoms with Crippen LogP contribution in [0.3, 0.4) is 0 Å². The Morgan fingerprint density at radius 3 is 2.33 bits per heavy atom. The Bertz CT molecular complexity index is 318. The van der Waals surface area contributed by atoms with Crippen molar-refractivity contribution in [3.05, 3.63) is 23.8 Å². The van der Waals surface area contributed by atoms with Gasteiger partial charge in [0.15, 0.2) is 0 Å². The quantitative estimate of drug-likeness (QED) is 0.620. The Kier molecular flexibility index (Phi) is 6.92. The molecule has 0 N–H and O–H groups in total. The minimum Gasteiger partial charge on any atom is -0.258 e. The normalized spacial score (nSPS) is 14.4. The molecule has 1 rings (SSSR count). The van der Waals surface area contributed by atoms with E-state index in [1.807, 2.05) is 12.4 Å². The molecule has 0 aliphatic carbocycles. The van der Waals surface area contributed by atoms with E-state index in [1.54, 1.807) is 0 Å². The summed E-state index contributed by atoms with van der Waals surface area (Å²) in [5.74, 6) is 1.39. The molecule has 0 spiro atoms. The number of rotatable bonds is 8. The molecule has 0 saturated carbocycles. The Morgan fingerprint density at radius 2 is 1.78 bits per heavy atom. The van der Waals surface area contributed by atoms with Gasteiger partial charge >= 0.3 is 0 Å². The summed E-state index contributed by atoms with van der Waals surface area (Å²) in [4.78, 5) is 9.04. The first-order valence-corrected chi connectivity index (χ1v) is 7.48. The highest BCUT2D eigenvalue weighted by molar-refractivity contribution is 5.06. The van der Waals surface area contributed by atoms with Gasteiger partial charge in [0.2, 0.25) is 0 Å². The molecule has 0 saturated heterocycles. The lowest BCUT2D eigenvalue weighted by Crippen LogP contribution is -2.00. The van der Waals surface area contributed by atoms with Gasteiger partial charge in [-0.2, -0.15) is 0 Å². The van der Waals surface area contributed by atoms with E-state index in [9.17, 15) is 0 Å². The minimum absolute atomic E-state index is 0.525. The van der Waals surface area contributed by atoms with E-state index in [0.29, 0.717) is 5.92 Å². The van der Waals surface area contributed by atoms with Crippen LogP contribution >= 0.6 is 0 Å².